The number of allylic oxidation sites excluding steroid dienone is 2. The molecule has 0 radical (unpaired) electrons. The van der Waals surface area contributed by atoms with Crippen LogP contribution in [-0.2, 0) is 6.42 Å². The molecule has 0 unspecified atom stereocenters. The van der Waals surface area contributed by atoms with Crippen molar-refractivity contribution in [2.45, 2.75) is 52.4 Å². The number of phenolic OH excluding ortho intramolecular Hbond substituents is 1. The van der Waals surface area contributed by atoms with Gasteiger partial charge < -0.3 is 9.84 Å². The first-order valence-corrected chi connectivity index (χ1v) is 7.66. The van der Waals surface area contributed by atoms with Crippen molar-refractivity contribution in [1.82, 2.24) is 0 Å². The van der Waals surface area contributed by atoms with Gasteiger partial charge in [-0.3, -0.25) is 0 Å². The number of hydrogen-bond acceptors (Lipinski definition) is 2. The molecule has 0 aliphatic carbocycles. The molecule has 0 bridgehead atoms. The molecule has 2 heteroatoms. The SMILES string of the molecule is COc1cc(CCCCCC/C=C/C(C)C)ccc1O. The van der Waals surface area contributed by atoms with Gasteiger partial charge >= 0.3 is 0 Å². The lowest BCUT2D eigenvalue weighted by atomic mass is 10.0. The van der Waals surface area contributed by atoms with Crippen molar-refractivity contribution < 1.29 is 9.84 Å². The lowest BCUT2D eigenvalue weighted by molar-refractivity contribution is 0.373. The molecule has 0 aliphatic rings. The second kappa shape index (κ2) is 9.46. The monoisotopic (exact) mass is 276 g/mol. The highest BCUT2D eigenvalue weighted by Crippen LogP contribution is 2.26. The van der Waals surface area contributed by atoms with E-state index < -0.39 is 0 Å². The number of benzene rings is 1. The predicted octanol–water partition coefficient (Wildman–Crippen LogP) is 5.11. The maximum atomic E-state index is 9.53. The summed E-state index contributed by atoms with van der Waals surface area (Å²) in [6.45, 7) is 4.42. The Labute approximate surface area is 123 Å². The molecule has 0 spiro atoms. The van der Waals surface area contributed by atoms with E-state index in [0.29, 0.717) is 11.7 Å². The van der Waals surface area contributed by atoms with Crippen LogP contribution >= 0.6 is 0 Å². The molecule has 0 amide bonds. The van der Waals surface area contributed by atoms with E-state index >= 15 is 0 Å². The summed E-state index contributed by atoms with van der Waals surface area (Å²) in [6.07, 6.45) is 11.9. The number of methoxy groups -OCH3 is 1. The normalized spacial score (nSPS) is 11.4. The fourth-order valence-electron chi connectivity index (χ4n) is 2.19. The van der Waals surface area contributed by atoms with Crippen LogP contribution in [0.4, 0.5) is 0 Å². The van der Waals surface area contributed by atoms with E-state index in [1.54, 1.807) is 13.2 Å². The summed E-state index contributed by atoms with van der Waals surface area (Å²) in [6, 6.07) is 5.62. The van der Waals surface area contributed by atoms with Crippen molar-refractivity contribution in [3.8, 4) is 11.5 Å². The molecule has 1 aromatic rings. The lowest BCUT2D eigenvalue weighted by Crippen LogP contribution is -1.89. The summed E-state index contributed by atoms with van der Waals surface area (Å²) in [5.41, 5.74) is 1.24. The van der Waals surface area contributed by atoms with E-state index in [-0.39, 0.29) is 5.75 Å². The van der Waals surface area contributed by atoms with E-state index in [4.69, 9.17) is 4.74 Å². The molecule has 1 rings (SSSR count). The molecule has 0 saturated heterocycles. The Kier molecular flexibility index (Phi) is 7.86. The third kappa shape index (κ3) is 6.65. The average molecular weight is 276 g/mol. The summed E-state index contributed by atoms with van der Waals surface area (Å²) in [5, 5.41) is 9.53. The van der Waals surface area contributed by atoms with Gasteiger partial charge in [-0.2, -0.15) is 0 Å². The molecule has 1 aromatic carbocycles. The number of hydrogen-bond donors (Lipinski definition) is 1. The molecule has 2 nitrogen and oxygen atoms in total. The molecule has 1 N–H and O–H groups in total. The Morgan fingerprint density at radius 2 is 1.90 bits per heavy atom. The number of rotatable bonds is 9. The van der Waals surface area contributed by atoms with Crippen LogP contribution in [-0.4, -0.2) is 12.2 Å². The summed E-state index contributed by atoms with van der Waals surface area (Å²) < 4.78 is 5.12. The largest absolute Gasteiger partial charge is 0.504 e. The van der Waals surface area contributed by atoms with Crippen molar-refractivity contribution in [2.24, 2.45) is 5.92 Å². The topological polar surface area (TPSA) is 29.5 Å². The number of phenols is 1. The summed E-state index contributed by atoms with van der Waals surface area (Å²) in [7, 11) is 1.59. The highest BCUT2D eigenvalue weighted by atomic mass is 16.5. The van der Waals surface area contributed by atoms with Crippen molar-refractivity contribution in [1.29, 1.82) is 0 Å². The molecule has 20 heavy (non-hydrogen) atoms. The summed E-state index contributed by atoms with van der Waals surface area (Å²) >= 11 is 0. The minimum Gasteiger partial charge on any atom is -0.504 e. The van der Waals surface area contributed by atoms with E-state index in [1.165, 1.54) is 37.7 Å². The first-order valence-electron chi connectivity index (χ1n) is 7.66. The second-order valence-corrected chi connectivity index (χ2v) is 5.63. The van der Waals surface area contributed by atoms with Gasteiger partial charge in [-0.1, -0.05) is 44.9 Å². The van der Waals surface area contributed by atoms with Crippen molar-refractivity contribution >= 4 is 0 Å². The Balaban J connectivity index is 2.15. The fraction of sp³-hybridized carbons (Fsp3) is 0.556. The Hall–Kier alpha value is -1.44. The lowest BCUT2D eigenvalue weighted by Gasteiger charge is -2.06. The highest BCUT2D eigenvalue weighted by molar-refractivity contribution is 5.41. The number of ether oxygens (including phenoxy) is 1. The van der Waals surface area contributed by atoms with E-state index in [1.807, 2.05) is 12.1 Å². The Morgan fingerprint density at radius 1 is 1.15 bits per heavy atom. The van der Waals surface area contributed by atoms with E-state index in [9.17, 15) is 5.11 Å². The van der Waals surface area contributed by atoms with Crippen LogP contribution in [0.5, 0.6) is 11.5 Å². The van der Waals surface area contributed by atoms with Crippen molar-refractivity contribution in [2.75, 3.05) is 7.11 Å². The molecule has 0 aromatic heterocycles. The zero-order valence-electron chi connectivity index (χ0n) is 13.1. The van der Waals surface area contributed by atoms with Gasteiger partial charge in [-0.25, -0.2) is 0 Å². The fourth-order valence-corrected chi connectivity index (χ4v) is 2.19. The van der Waals surface area contributed by atoms with Crippen molar-refractivity contribution in [3.63, 3.8) is 0 Å². The second-order valence-electron chi connectivity index (χ2n) is 5.63. The standard InChI is InChI=1S/C18H28O2/c1-15(2)10-8-6-4-5-7-9-11-16-12-13-17(19)18(14-16)20-3/h8,10,12-15,19H,4-7,9,11H2,1-3H3/b10-8+. The molecule has 0 fully saturated rings. The molecular formula is C18H28O2. The zero-order valence-corrected chi connectivity index (χ0v) is 13.1. The van der Waals surface area contributed by atoms with Gasteiger partial charge in [0.05, 0.1) is 7.11 Å². The van der Waals surface area contributed by atoms with Crippen LogP contribution in [0.1, 0.15) is 51.5 Å². The van der Waals surface area contributed by atoms with E-state index in [2.05, 4.69) is 26.0 Å². The molecular weight excluding hydrogens is 248 g/mol. The van der Waals surface area contributed by atoms with Gasteiger partial charge in [0, 0.05) is 0 Å². The van der Waals surface area contributed by atoms with Gasteiger partial charge in [0.25, 0.3) is 0 Å². The van der Waals surface area contributed by atoms with Gasteiger partial charge in [-0.15, -0.1) is 0 Å². The van der Waals surface area contributed by atoms with Crippen molar-refractivity contribution in [3.05, 3.63) is 35.9 Å². The summed E-state index contributed by atoms with van der Waals surface area (Å²) in [5.74, 6) is 1.45. The number of aryl methyl sites for hydroxylation is 1. The Morgan fingerprint density at radius 3 is 2.60 bits per heavy atom. The molecule has 0 atom stereocenters. The molecule has 0 aliphatic heterocycles. The summed E-state index contributed by atoms with van der Waals surface area (Å²) in [4.78, 5) is 0. The van der Waals surface area contributed by atoms with Crippen LogP contribution in [0, 0.1) is 5.92 Å². The third-order valence-electron chi connectivity index (χ3n) is 3.35. The van der Waals surface area contributed by atoms with Crippen LogP contribution < -0.4 is 4.74 Å². The average Bonchev–Trinajstić information content (AvgIpc) is 2.43. The first kappa shape index (κ1) is 16.6. The number of aromatic hydroxyl groups is 1. The maximum Gasteiger partial charge on any atom is 0.160 e. The maximum absolute atomic E-state index is 9.53. The predicted molar refractivity (Wildman–Crippen MR) is 85.4 cm³/mol. The quantitative estimate of drug-likeness (QED) is 0.502. The molecule has 0 heterocycles. The van der Waals surface area contributed by atoms with Crippen LogP contribution in [0.25, 0.3) is 0 Å². The third-order valence-corrected chi connectivity index (χ3v) is 3.35. The van der Waals surface area contributed by atoms with Gasteiger partial charge in [0.2, 0.25) is 0 Å². The van der Waals surface area contributed by atoms with Gasteiger partial charge in [-0.05, 0) is 49.3 Å². The first-order chi connectivity index (χ1) is 9.63. The highest BCUT2D eigenvalue weighted by Gasteiger charge is 2.02. The molecule has 0 saturated carbocycles. The van der Waals surface area contributed by atoms with Crippen LogP contribution in [0.2, 0.25) is 0 Å². The van der Waals surface area contributed by atoms with Gasteiger partial charge in [0.1, 0.15) is 0 Å². The van der Waals surface area contributed by atoms with Crippen LogP contribution in [0.15, 0.2) is 30.4 Å². The minimum atomic E-state index is 0.216. The smallest absolute Gasteiger partial charge is 0.160 e. The van der Waals surface area contributed by atoms with E-state index in [0.717, 1.165) is 6.42 Å². The Bertz CT molecular complexity index is 408. The van der Waals surface area contributed by atoms with Gasteiger partial charge in [0.15, 0.2) is 11.5 Å². The molecule has 112 valence electrons. The number of unbranched alkanes of at least 4 members (excludes halogenated alkanes) is 4. The van der Waals surface area contributed by atoms with Crippen LogP contribution in [0.3, 0.4) is 0 Å². The minimum absolute atomic E-state index is 0.216. The zero-order chi connectivity index (χ0) is 14.8.